The molecule has 0 saturated heterocycles. The first-order chi connectivity index (χ1) is 6.89. The molecule has 2 rings (SSSR count). The Balaban J connectivity index is 2.42. The molecule has 0 spiro atoms. The molecule has 0 fully saturated rings. The Bertz CT molecular complexity index is 412. The van der Waals surface area contributed by atoms with E-state index in [0.717, 1.165) is 17.2 Å². The SMILES string of the molecule is CN1CC(C)(C)Nc2cc(C(=O)O)sc21. The van der Waals surface area contributed by atoms with E-state index in [0.29, 0.717) is 4.88 Å². The molecular formula is C10H14N2O2S. The van der Waals surface area contributed by atoms with Crippen LogP contribution < -0.4 is 10.2 Å². The number of rotatable bonds is 1. The predicted molar refractivity (Wildman–Crippen MR) is 62.3 cm³/mol. The molecule has 1 aliphatic heterocycles. The zero-order chi connectivity index (χ0) is 11.2. The van der Waals surface area contributed by atoms with Crippen LogP contribution in [0.4, 0.5) is 10.7 Å². The van der Waals surface area contributed by atoms with E-state index in [2.05, 4.69) is 24.1 Å². The average molecular weight is 226 g/mol. The van der Waals surface area contributed by atoms with Crippen LogP contribution in [-0.2, 0) is 0 Å². The summed E-state index contributed by atoms with van der Waals surface area (Å²) in [5, 5.41) is 13.3. The number of likely N-dealkylation sites (N-methyl/N-ethyl adjacent to an activating group) is 1. The molecule has 15 heavy (non-hydrogen) atoms. The number of anilines is 2. The number of carbonyl (C=O) groups is 1. The lowest BCUT2D eigenvalue weighted by molar-refractivity contribution is 0.0702. The topological polar surface area (TPSA) is 52.6 Å². The minimum Gasteiger partial charge on any atom is -0.477 e. The average Bonchev–Trinajstić information content (AvgIpc) is 2.45. The molecule has 0 aliphatic carbocycles. The summed E-state index contributed by atoms with van der Waals surface area (Å²) in [6, 6.07) is 1.71. The molecule has 2 heterocycles. The molecule has 0 atom stereocenters. The second kappa shape index (κ2) is 3.13. The molecule has 0 amide bonds. The van der Waals surface area contributed by atoms with Gasteiger partial charge in [0, 0.05) is 19.1 Å². The van der Waals surface area contributed by atoms with Crippen molar-refractivity contribution >= 4 is 28.0 Å². The summed E-state index contributed by atoms with van der Waals surface area (Å²) in [5.74, 6) is -0.859. The zero-order valence-corrected chi connectivity index (χ0v) is 9.81. The Kier molecular flexibility index (Phi) is 2.15. The first-order valence-corrected chi connectivity index (χ1v) is 5.57. The summed E-state index contributed by atoms with van der Waals surface area (Å²) < 4.78 is 0. The van der Waals surface area contributed by atoms with Gasteiger partial charge in [0.1, 0.15) is 9.88 Å². The second-order valence-corrected chi connectivity index (χ2v) is 5.53. The monoisotopic (exact) mass is 226 g/mol. The van der Waals surface area contributed by atoms with Gasteiger partial charge in [0.2, 0.25) is 0 Å². The number of fused-ring (bicyclic) bond motifs is 1. The van der Waals surface area contributed by atoms with E-state index in [1.807, 2.05) is 7.05 Å². The van der Waals surface area contributed by atoms with Crippen LogP contribution >= 0.6 is 11.3 Å². The molecule has 5 heteroatoms. The Morgan fingerprint density at radius 3 is 2.93 bits per heavy atom. The highest BCUT2D eigenvalue weighted by Gasteiger charge is 2.30. The van der Waals surface area contributed by atoms with Crippen molar-refractivity contribution in [2.24, 2.45) is 0 Å². The third kappa shape index (κ3) is 1.79. The van der Waals surface area contributed by atoms with Crippen LogP contribution in [0.1, 0.15) is 23.5 Å². The molecule has 0 saturated carbocycles. The Morgan fingerprint density at radius 2 is 2.33 bits per heavy atom. The highest BCUT2D eigenvalue weighted by atomic mass is 32.1. The molecule has 0 aromatic carbocycles. The first-order valence-electron chi connectivity index (χ1n) is 4.75. The van der Waals surface area contributed by atoms with Crippen molar-refractivity contribution in [1.82, 2.24) is 0 Å². The van der Waals surface area contributed by atoms with Gasteiger partial charge < -0.3 is 15.3 Å². The number of thiophene rings is 1. The van der Waals surface area contributed by atoms with Crippen molar-refractivity contribution in [2.45, 2.75) is 19.4 Å². The van der Waals surface area contributed by atoms with Gasteiger partial charge in [-0.1, -0.05) is 0 Å². The summed E-state index contributed by atoms with van der Waals surface area (Å²) in [4.78, 5) is 13.3. The Morgan fingerprint density at radius 1 is 1.67 bits per heavy atom. The number of nitrogens with one attached hydrogen (secondary N) is 1. The highest BCUT2D eigenvalue weighted by Crippen LogP contribution is 2.40. The highest BCUT2D eigenvalue weighted by molar-refractivity contribution is 7.18. The van der Waals surface area contributed by atoms with Gasteiger partial charge in [0.15, 0.2) is 0 Å². The first kappa shape index (κ1) is 10.3. The van der Waals surface area contributed by atoms with E-state index in [9.17, 15) is 4.79 Å². The van der Waals surface area contributed by atoms with E-state index < -0.39 is 5.97 Å². The van der Waals surface area contributed by atoms with E-state index in [1.54, 1.807) is 6.07 Å². The maximum atomic E-state index is 10.9. The van der Waals surface area contributed by atoms with E-state index in [4.69, 9.17) is 5.11 Å². The zero-order valence-electron chi connectivity index (χ0n) is 9.00. The predicted octanol–water partition coefficient (Wildman–Crippen LogP) is 2.09. The smallest absolute Gasteiger partial charge is 0.346 e. The summed E-state index contributed by atoms with van der Waals surface area (Å²) >= 11 is 1.32. The van der Waals surface area contributed by atoms with Gasteiger partial charge in [0.05, 0.1) is 5.69 Å². The second-order valence-electron chi connectivity index (χ2n) is 4.50. The Labute approximate surface area is 92.5 Å². The molecule has 0 radical (unpaired) electrons. The van der Waals surface area contributed by atoms with Crippen molar-refractivity contribution in [3.05, 3.63) is 10.9 Å². The van der Waals surface area contributed by atoms with E-state index >= 15 is 0 Å². The lowest BCUT2D eigenvalue weighted by atomic mass is 10.0. The van der Waals surface area contributed by atoms with Gasteiger partial charge in [-0.2, -0.15) is 0 Å². The van der Waals surface area contributed by atoms with Gasteiger partial charge in [-0.25, -0.2) is 4.79 Å². The normalized spacial score (nSPS) is 18.2. The van der Waals surface area contributed by atoms with Crippen molar-refractivity contribution in [3.8, 4) is 0 Å². The third-order valence-corrected chi connectivity index (χ3v) is 3.61. The van der Waals surface area contributed by atoms with Crippen LogP contribution in [0.15, 0.2) is 6.07 Å². The quantitative estimate of drug-likeness (QED) is 0.770. The molecule has 1 aliphatic rings. The summed E-state index contributed by atoms with van der Waals surface area (Å²) in [6.07, 6.45) is 0. The minimum absolute atomic E-state index is 0.0153. The van der Waals surface area contributed by atoms with E-state index in [1.165, 1.54) is 11.3 Å². The van der Waals surface area contributed by atoms with Gasteiger partial charge >= 0.3 is 5.97 Å². The molecule has 2 N–H and O–H groups in total. The molecule has 1 aromatic rings. The number of carboxylic acid groups (broad SMARTS) is 1. The maximum Gasteiger partial charge on any atom is 0.346 e. The van der Waals surface area contributed by atoms with Crippen LogP contribution in [0, 0.1) is 0 Å². The van der Waals surface area contributed by atoms with Crippen LogP contribution in [-0.4, -0.2) is 30.2 Å². The number of carboxylic acids is 1. The number of nitrogens with zero attached hydrogens (tertiary/aromatic N) is 1. The number of hydrogen-bond donors (Lipinski definition) is 2. The third-order valence-electron chi connectivity index (χ3n) is 2.38. The van der Waals surface area contributed by atoms with Crippen molar-refractivity contribution < 1.29 is 9.90 Å². The minimum atomic E-state index is -0.859. The van der Waals surface area contributed by atoms with Crippen LogP contribution in [0.5, 0.6) is 0 Å². The lowest BCUT2D eigenvalue weighted by Gasteiger charge is -2.38. The van der Waals surface area contributed by atoms with Crippen molar-refractivity contribution in [3.63, 3.8) is 0 Å². The molecular weight excluding hydrogens is 212 g/mol. The van der Waals surface area contributed by atoms with Crippen LogP contribution in [0.3, 0.4) is 0 Å². The fourth-order valence-electron chi connectivity index (χ4n) is 1.93. The molecule has 0 bridgehead atoms. The molecule has 4 nitrogen and oxygen atoms in total. The number of aromatic carboxylic acids is 1. The summed E-state index contributed by atoms with van der Waals surface area (Å²) in [6.45, 7) is 5.08. The maximum absolute atomic E-state index is 10.9. The number of hydrogen-bond acceptors (Lipinski definition) is 4. The molecule has 82 valence electrons. The van der Waals surface area contributed by atoms with E-state index in [-0.39, 0.29) is 5.54 Å². The van der Waals surface area contributed by atoms with Crippen molar-refractivity contribution in [2.75, 3.05) is 23.8 Å². The van der Waals surface area contributed by atoms with Crippen LogP contribution in [0.2, 0.25) is 0 Å². The summed E-state index contributed by atoms with van der Waals surface area (Å²) in [7, 11) is 1.99. The van der Waals surface area contributed by atoms with Gasteiger partial charge in [-0.05, 0) is 19.9 Å². The van der Waals surface area contributed by atoms with Gasteiger partial charge in [0.25, 0.3) is 0 Å². The van der Waals surface area contributed by atoms with Crippen LogP contribution in [0.25, 0.3) is 0 Å². The standard InChI is InChI=1S/C10H14N2O2S/c1-10(2)5-12(3)8-6(11-10)4-7(15-8)9(13)14/h4,11H,5H2,1-3H3,(H,13,14). The molecule has 0 unspecified atom stereocenters. The van der Waals surface area contributed by atoms with Gasteiger partial charge in [-0.3, -0.25) is 0 Å². The lowest BCUT2D eigenvalue weighted by Crippen LogP contribution is -2.46. The van der Waals surface area contributed by atoms with Gasteiger partial charge in [-0.15, -0.1) is 11.3 Å². The fourth-order valence-corrected chi connectivity index (χ4v) is 2.84. The molecule has 1 aromatic heterocycles. The Hall–Kier alpha value is -1.23. The summed E-state index contributed by atoms with van der Waals surface area (Å²) in [5.41, 5.74) is 0.912. The largest absolute Gasteiger partial charge is 0.477 e. The van der Waals surface area contributed by atoms with Crippen molar-refractivity contribution in [1.29, 1.82) is 0 Å². The fraction of sp³-hybridized carbons (Fsp3) is 0.500.